The van der Waals surface area contributed by atoms with Crippen LogP contribution in [0.15, 0.2) is 24.4 Å². The van der Waals surface area contributed by atoms with Gasteiger partial charge in [-0.25, -0.2) is 4.79 Å². The van der Waals surface area contributed by atoms with E-state index in [0.29, 0.717) is 6.54 Å². The second-order valence-corrected chi connectivity index (χ2v) is 8.71. The van der Waals surface area contributed by atoms with Gasteiger partial charge in [0.2, 0.25) is 0 Å². The van der Waals surface area contributed by atoms with Crippen molar-refractivity contribution in [2.24, 2.45) is 0 Å². The lowest BCUT2D eigenvalue weighted by molar-refractivity contribution is 0.0212. The van der Waals surface area contributed by atoms with Crippen molar-refractivity contribution in [1.82, 2.24) is 14.7 Å². The first kappa shape index (κ1) is 17.3. The third kappa shape index (κ3) is 4.11. The van der Waals surface area contributed by atoms with Gasteiger partial charge >= 0.3 is 6.09 Å². The maximum atomic E-state index is 12.4. The summed E-state index contributed by atoms with van der Waals surface area (Å²) in [6.45, 7) is 7.10. The minimum absolute atomic E-state index is 0.125. The number of nitrogens with zero attached hydrogens (tertiary/aromatic N) is 3. The molecule has 7 heteroatoms. The van der Waals surface area contributed by atoms with Crippen molar-refractivity contribution in [2.45, 2.75) is 51.8 Å². The molecule has 0 aromatic carbocycles. The number of rotatable bonds is 3. The summed E-state index contributed by atoms with van der Waals surface area (Å²) in [6, 6.07) is 5.96. The van der Waals surface area contributed by atoms with Crippen molar-refractivity contribution >= 4 is 29.0 Å². The van der Waals surface area contributed by atoms with Gasteiger partial charge in [0.25, 0.3) is 0 Å². The number of hydrogen-bond donors (Lipinski definition) is 0. The fourth-order valence-corrected chi connectivity index (χ4v) is 3.86. The van der Waals surface area contributed by atoms with E-state index in [-0.39, 0.29) is 12.1 Å². The number of aromatic nitrogens is 2. The van der Waals surface area contributed by atoms with Crippen molar-refractivity contribution in [3.8, 4) is 10.6 Å². The van der Waals surface area contributed by atoms with E-state index >= 15 is 0 Å². The van der Waals surface area contributed by atoms with E-state index in [2.05, 4.69) is 5.10 Å². The molecule has 0 aliphatic carbocycles. The van der Waals surface area contributed by atoms with Gasteiger partial charge in [-0.1, -0.05) is 11.6 Å². The lowest BCUT2D eigenvalue weighted by Crippen LogP contribution is -2.41. The summed E-state index contributed by atoms with van der Waals surface area (Å²) in [4.78, 5) is 15.2. The Morgan fingerprint density at radius 2 is 2.21 bits per heavy atom. The number of hydrogen-bond acceptors (Lipinski definition) is 4. The molecule has 24 heavy (non-hydrogen) atoms. The third-order valence-corrected chi connectivity index (χ3v) is 5.12. The summed E-state index contributed by atoms with van der Waals surface area (Å²) in [5.74, 6) is 0. The second-order valence-electron chi connectivity index (χ2n) is 7.00. The van der Waals surface area contributed by atoms with Crippen LogP contribution in [0, 0.1) is 0 Å². The normalized spacial score (nSPS) is 18.2. The van der Waals surface area contributed by atoms with E-state index < -0.39 is 5.60 Å². The molecular formula is C17H22ClN3O2S. The van der Waals surface area contributed by atoms with Crippen molar-refractivity contribution in [3.05, 3.63) is 28.7 Å². The zero-order valence-corrected chi connectivity index (χ0v) is 15.7. The highest BCUT2D eigenvalue weighted by Gasteiger charge is 2.32. The molecule has 1 fully saturated rings. The van der Waals surface area contributed by atoms with Gasteiger partial charge in [-0.05, 0) is 51.8 Å². The number of thiophene rings is 1. The highest BCUT2D eigenvalue weighted by Crippen LogP contribution is 2.30. The van der Waals surface area contributed by atoms with Gasteiger partial charge in [-0.3, -0.25) is 4.68 Å². The maximum Gasteiger partial charge on any atom is 0.410 e. The molecule has 1 atom stereocenters. The van der Waals surface area contributed by atoms with E-state index in [1.807, 2.05) is 54.7 Å². The number of ether oxygens (including phenoxy) is 1. The van der Waals surface area contributed by atoms with E-state index in [4.69, 9.17) is 16.3 Å². The van der Waals surface area contributed by atoms with Crippen molar-refractivity contribution in [3.63, 3.8) is 0 Å². The van der Waals surface area contributed by atoms with Crippen LogP contribution in [0.5, 0.6) is 0 Å². The Labute approximate surface area is 151 Å². The number of carbonyl (C=O) groups is 1. The van der Waals surface area contributed by atoms with Gasteiger partial charge < -0.3 is 9.64 Å². The van der Waals surface area contributed by atoms with Crippen LogP contribution in [-0.2, 0) is 11.3 Å². The Morgan fingerprint density at radius 3 is 2.88 bits per heavy atom. The van der Waals surface area contributed by atoms with Gasteiger partial charge in [0.15, 0.2) is 0 Å². The summed E-state index contributed by atoms with van der Waals surface area (Å²) >= 11 is 7.50. The molecule has 3 rings (SSSR count). The molecule has 1 aliphatic heterocycles. The Balaban J connectivity index is 1.67. The van der Waals surface area contributed by atoms with Crippen molar-refractivity contribution < 1.29 is 9.53 Å². The largest absolute Gasteiger partial charge is 0.444 e. The van der Waals surface area contributed by atoms with Crippen LogP contribution >= 0.6 is 22.9 Å². The van der Waals surface area contributed by atoms with Crippen molar-refractivity contribution in [1.29, 1.82) is 0 Å². The third-order valence-electron chi connectivity index (χ3n) is 3.87. The average Bonchev–Trinajstić information content (AvgIpc) is 3.17. The van der Waals surface area contributed by atoms with Crippen LogP contribution in [0.25, 0.3) is 10.6 Å². The minimum atomic E-state index is -0.471. The molecule has 0 radical (unpaired) electrons. The topological polar surface area (TPSA) is 47.4 Å². The molecule has 1 saturated heterocycles. The quantitative estimate of drug-likeness (QED) is 0.792. The molecule has 1 aliphatic rings. The molecule has 0 unspecified atom stereocenters. The zero-order valence-electron chi connectivity index (χ0n) is 14.2. The van der Waals surface area contributed by atoms with Crippen LogP contribution in [-0.4, -0.2) is 39.0 Å². The summed E-state index contributed by atoms with van der Waals surface area (Å²) in [6.07, 6.45) is 3.69. The molecule has 0 N–H and O–H groups in total. The molecule has 0 saturated carbocycles. The molecule has 2 aromatic heterocycles. The van der Waals surface area contributed by atoms with Gasteiger partial charge in [0.1, 0.15) is 11.3 Å². The van der Waals surface area contributed by atoms with Gasteiger partial charge in [-0.2, -0.15) is 5.10 Å². The van der Waals surface area contributed by atoms with Crippen LogP contribution in [0.3, 0.4) is 0 Å². The molecule has 5 nitrogen and oxygen atoms in total. The van der Waals surface area contributed by atoms with Crippen LogP contribution in [0.2, 0.25) is 4.34 Å². The van der Waals surface area contributed by atoms with E-state index in [9.17, 15) is 4.79 Å². The number of likely N-dealkylation sites (tertiary alicyclic amines) is 1. The predicted octanol–water partition coefficient (Wildman–Crippen LogP) is 4.66. The number of carbonyl (C=O) groups excluding carboxylic acids is 1. The average molecular weight is 368 g/mol. The molecule has 1 amide bonds. The van der Waals surface area contributed by atoms with E-state index in [0.717, 1.165) is 34.3 Å². The van der Waals surface area contributed by atoms with Crippen LogP contribution in [0.4, 0.5) is 4.79 Å². The smallest absolute Gasteiger partial charge is 0.410 e. The summed E-state index contributed by atoms with van der Waals surface area (Å²) in [7, 11) is 0. The minimum Gasteiger partial charge on any atom is -0.444 e. The standard InChI is InChI=1S/C17H22ClN3O2S/c1-17(2,3)23-16(22)21-9-4-5-12(21)11-20-10-8-13(19-20)14-6-7-15(18)24-14/h6-8,10,12H,4-5,9,11H2,1-3H3/t12-/m0/s1. The monoisotopic (exact) mass is 367 g/mol. The summed E-state index contributed by atoms with van der Waals surface area (Å²) in [5, 5.41) is 4.62. The molecule has 3 heterocycles. The van der Waals surface area contributed by atoms with Crippen LogP contribution < -0.4 is 0 Å². The molecular weight excluding hydrogens is 346 g/mol. The Bertz CT molecular complexity index is 719. The number of amides is 1. The fraction of sp³-hybridized carbons (Fsp3) is 0.529. The van der Waals surface area contributed by atoms with Gasteiger partial charge in [0, 0.05) is 12.7 Å². The number of halogens is 1. The molecule has 130 valence electrons. The highest BCUT2D eigenvalue weighted by atomic mass is 35.5. The summed E-state index contributed by atoms with van der Waals surface area (Å²) in [5.41, 5.74) is 0.440. The van der Waals surface area contributed by atoms with Gasteiger partial charge in [-0.15, -0.1) is 11.3 Å². The van der Waals surface area contributed by atoms with Crippen LogP contribution in [0.1, 0.15) is 33.6 Å². The Kier molecular flexibility index (Phi) is 4.88. The predicted molar refractivity (Wildman–Crippen MR) is 96.5 cm³/mol. The molecule has 2 aromatic rings. The second kappa shape index (κ2) is 6.76. The van der Waals surface area contributed by atoms with E-state index in [1.165, 1.54) is 11.3 Å². The Hall–Kier alpha value is -1.53. The first-order valence-corrected chi connectivity index (χ1v) is 9.30. The van der Waals surface area contributed by atoms with Crippen molar-refractivity contribution in [2.75, 3.05) is 6.54 Å². The highest BCUT2D eigenvalue weighted by molar-refractivity contribution is 7.19. The van der Waals surface area contributed by atoms with E-state index in [1.54, 1.807) is 0 Å². The van der Waals surface area contributed by atoms with Gasteiger partial charge in [0.05, 0.1) is 21.8 Å². The fourth-order valence-electron chi connectivity index (χ4n) is 2.85. The molecule has 0 spiro atoms. The SMILES string of the molecule is CC(C)(C)OC(=O)N1CCC[C@H]1Cn1ccc(-c2ccc(Cl)s2)n1. The maximum absolute atomic E-state index is 12.4. The first-order valence-electron chi connectivity index (χ1n) is 8.10. The zero-order chi connectivity index (χ0) is 17.3. The lowest BCUT2D eigenvalue weighted by Gasteiger charge is -2.28. The Morgan fingerprint density at radius 1 is 1.42 bits per heavy atom. The summed E-state index contributed by atoms with van der Waals surface area (Å²) < 4.78 is 8.17. The first-order chi connectivity index (χ1) is 11.3. The lowest BCUT2D eigenvalue weighted by atomic mass is 10.2. The molecule has 0 bridgehead atoms.